The maximum Gasteiger partial charge on any atom is 0.162 e. The molecule has 5 nitrogen and oxygen atoms in total. The Hall–Kier alpha value is -8.02. The monoisotopic (exact) mass is 752 g/mol. The quantitative estimate of drug-likeness (QED) is 0.164. The first kappa shape index (κ1) is 33.2. The molecule has 59 heavy (non-hydrogen) atoms. The molecule has 0 aliphatic carbocycles. The van der Waals surface area contributed by atoms with Crippen molar-refractivity contribution >= 4 is 65.2 Å². The van der Waals surface area contributed by atoms with Gasteiger partial charge < -0.3 is 4.42 Å². The van der Waals surface area contributed by atoms with Crippen LogP contribution in [0.4, 0.5) is 0 Å². The Morgan fingerprint density at radius 2 is 0.831 bits per heavy atom. The molecular weight excluding hydrogens is 721 g/mol. The summed E-state index contributed by atoms with van der Waals surface area (Å²) in [5.41, 5.74) is 12.0. The Kier molecular flexibility index (Phi) is 7.47. The molecule has 5 heteroatoms. The number of benzene rings is 7. The molecule has 0 N–H and O–H groups in total. The minimum atomic E-state index is 0.799. The molecule has 0 radical (unpaired) electrons. The van der Waals surface area contributed by atoms with Gasteiger partial charge in [0.25, 0.3) is 0 Å². The lowest BCUT2D eigenvalue weighted by Crippen LogP contribution is -1.94. The summed E-state index contributed by atoms with van der Waals surface area (Å²) in [6.07, 6.45) is 3.59. The highest BCUT2D eigenvalue weighted by molar-refractivity contribution is 6.26. The molecule has 0 aliphatic rings. The number of hydrogen-bond donors (Lipinski definition) is 0. The van der Waals surface area contributed by atoms with E-state index in [9.17, 15) is 0 Å². The predicted octanol–water partition coefficient (Wildman–Crippen LogP) is 14.1. The van der Waals surface area contributed by atoms with E-state index in [0.29, 0.717) is 0 Å². The molecule has 12 aromatic rings. The van der Waals surface area contributed by atoms with Crippen molar-refractivity contribution in [3.8, 4) is 56.3 Å². The molecule has 5 aromatic heterocycles. The lowest BCUT2D eigenvalue weighted by atomic mass is 9.92. The summed E-state index contributed by atoms with van der Waals surface area (Å²) in [6, 6.07) is 63.7. The summed E-state index contributed by atoms with van der Waals surface area (Å²) in [5.74, 6) is 0. The average Bonchev–Trinajstić information content (AvgIpc) is 3.72. The van der Waals surface area contributed by atoms with Gasteiger partial charge in [0, 0.05) is 34.1 Å². The normalized spacial score (nSPS) is 11.7. The van der Waals surface area contributed by atoms with E-state index >= 15 is 0 Å². The molecule has 0 saturated carbocycles. The number of hydrogen-bond acceptors (Lipinski definition) is 5. The second-order valence-electron chi connectivity index (χ2n) is 15.0. The highest BCUT2D eigenvalue weighted by Gasteiger charge is 2.20. The number of fused-ring (bicyclic) bond motifs is 11. The van der Waals surface area contributed by atoms with E-state index in [1.54, 1.807) is 12.4 Å². The Morgan fingerprint density at radius 3 is 1.46 bits per heavy atom. The lowest BCUT2D eigenvalue weighted by molar-refractivity contribution is 0.669. The van der Waals surface area contributed by atoms with Crippen molar-refractivity contribution in [2.75, 3.05) is 0 Å². The molecule has 0 spiro atoms. The first-order valence-corrected chi connectivity index (χ1v) is 19.8. The van der Waals surface area contributed by atoms with Crippen LogP contribution in [0, 0.1) is 0 Å². The van der Waals surface area contributed by atoms with Gasteiger partial charge in [-0.25, -0.2) is 9.97 Å². The first-order valence-electron chi connectivity index (χ1n) is 19.8. The van der Waals surface area contributed by atoms with Gasteiger partial charge in [0.1, 0.15) is 11.3 Å². The number of nitrogens with zero attached hydrogens (tertiary/aromatic N) is 4. The molecule has 0 aliphatic heterocycles. The predicted molar refractivity (Wildman–Crippen MR) is 242 cm³/mol. The van der Waals surface area contributed by atoms with Crippen molar-refractivity contribution in [1.82, 2.24) is 19.9 Å². The van der Waals surface area contributed by atoms with Crippen LogP contribution in [0.3, 0.4) is 0 Å². The Morgan fingerprint density at radius 1 is 0.322 bits per heavy atom. The number of furan rings is 1. The number of aromatic nitrogens is 4. The van der Waals surface area contributed by atoms with E-state index in [0.717, 1.165) is 89.1 Å². The van der Waals surface area contributed by atoms with Crippen LogP contribution in [0.15, 0.2) is 199 Å². The Bertz CT molecular complexity index is 3500. The van der Waals surface area contributed by atoms with Crippen LogP contribution in [-0.4, -0.2) is 19.9 Å². The van der Waals surface area contributed by atoms with E-state index in [-0.39, 0.29) is 0 Å². The number of rotatable bonds is 5. The smallest absolute Gasteiger partial charge is 0.162 e. The Balaban J connectivity index is 1.00. The summed E-state index contributed by atoms with van der Waals surface area (Å²) in [4.78, 5) is 19.6. The minimum Gasteiger partial charge on any atom is -0.454 e. The maximum atomic E-state index is 6.68. The first-order chi connectivity index (χ1) is 29.2. The van der Waals surface area contributed by atoms with Gasteiger partial charge in [0.15, 0.2) is 5.58 Å². The number of para-hydroxylation sites is 1. The fourth-order valence-corrected chi connectivity index (χ4v) is 8.76. The van der Waals surface area contributed by atoms with Gasteiger partial charge >= 0.3 is 0 Å². The minimum absolute atomic E-state index is 0.799. The summed E-state index contributed by atoms with van der Waals surface area (Å²) in [6.45, 7) is 0. The highest BCUT2D eigenvalue weighted by Crippen LogP contribution is 2.43. The van der Waals surface area contributed by atoms with Gasteiger partial charge in [-0.15, -0.1) is 0 Å². The molecule has 274 valence electrons. The van der Waals surface area contributed by atoms with Crippen molar-refractivity contribution in [2.24, 2.45) is 0 Å². The second-order valence-corrected chi connectivity index (χ2v) is 15.0. The molecular formula is C54H32N4O. The van der Waals surface area contributed by atoms with Gasteiger partial charge in [-0.3, -0.25) is 9.97 Å². The van der Waals surface area contributed by atoms with E-state index < -0.39 is 0 Å². The number of pyridine rings is 4. The Labute approximate surface area is 338 Å². The van der Waals surface area contributed by atoms with Crippen LogP contribution < -0.4 is 0 Å². The van der Waals surface area contributed by atoms with Crippen molar-refractivity contribution in [3.63, 3.8) is 0 Å². The van der Waals surface area contributed by atoms with Gasteiger partial charge in [-0.05, 0) is 109 Å². The van der Waals surface area contributed by atoms with Crippen LogP contribution in [0.2, 0.25) is 0 Å². The third kappa shape index (κ3) is 5.47. The molecule has 0 amide bonds. The van der Waals surface area contributed by atoms with E-state index in [2.05, 4.69) is 143 Å². The van der Waals surface area contributed by atoms with Gasteiger partial charge in [-0.1, -0.05) is 127 Å². The molecule has 0 saturated heterocycles. The van der Waals surface area contributed by atoms with Crippen molar-refractivity contribution in [2.45, 2.75) is 0 Å². The largest absolute Gasteiger partial charge is 0.454 e. The lowest BCUT2D eigenvalue weighted by Gasteiger charge is -2.13. The highest BCUT2D eigenvalue weighted by atomic mass is 16.3. The van der Waals surface area contributed by atoms with Gasteiger partial charge in [0.2, 0.25) is 0 Å². The molecule has 0 unspecified atom stereocenters. The molecule has 5 heterocycles. The van der Waals surface area contributed by atoms with Crippen molar-refractivity contribution in [3.05, 3.63) is 194 Å². The third-order valence-electron chi connectivity index (χ3n) is 11.6. The summed E-state index contributed by atoms with van der Waals surface area (Å²) in [7, 11) is 0. The zero-order valence-electron chi connectivity index (χ0n) is 31.7. The van der Waals surface area contributed by atoms with E-state index in [1.165, 1.54) is 32.3 Å². The fourth-order valence-electron chi connectivity index (χ4n) is 8.76. The standard InChI is InChI=1S/C54H32N4O/c1-2-13-40-38(11-1)39-12-3-4-14-41(39)45-29-36(24-25-42(40)45)53-54-52(44-15-5-6-18-51(44)59-54)43-26-23-35(30-48(43)58-53)33-19-21-34(22-20-33)37-31-49(46-16-7-9-27-55-46)57-50(32-37)47-17-8-10-28-56-47/h1-32H. The topological polar surface area (TPSA) is 64.7 Å². The van der Waals surface area contributed by atoms with Crippen molar-refractivity contribution < 1.29 is 4.42 Å². The maximum absolute atomic E-state index is 6.68. The zero-order valence-corrected chi connectivity index (χ0v) is 31.7. The summed E-state index contributed by atoms with van der Waals surface area (Å²) in [5, 5.41) is 10.6. The fraction of sp³-hybridized carbons (Fsp3) is 0. The SMILES string of the molecule is c1ccc(-c2cc(-c3ccc(-c4ccc5c(c4)nc(-c4ccc6c7ccccc7c7ccccc7c6c4)c4oc6ccccc6c45)cc3)cc(-c3ccccn3)n2)nc1. The third-order valence-corrected chi connectivity index (χ3v) is 11.6. The average molecular weight is 753 g/mol. The summed E-state index contributed by atoms with van der Waals surface area (Å²) < 4.78 is 6.68. The molecule has 12 rings (SSSR count). The van der Waals surface area contributed by atoms with Crippen LogP contribution >= 0.6 is 0 Å². The van der Waals surface area contributed by atoms with Gasteiger partial charge in [-0.2, -0.15) is 0 Å². The van der Waals surface area contributed by atoms with Crippen molar-refractivity contribution in [1.29, 1.82) is 0 Å². The van der Waals surface area contributed by atoms with Crippen LogP contribution in [0.1, 0.15) is 0 Å². The van der Waals surface area contributed by atoms with Gasteiger partial charge in [0.05, 0.1) is 28.3 Å². The van der Waals surface area contributed by atoms with E-state index in [1.807, 2.05) is 48.5 Å². The molecule has 0 atom stereocenters. The van der Waals surface area contributed by atoms with Crippen LogP contribution in [0.25, 0.3) is 121 Å². The summed E-state index contributed by atoms with van der Waals surface area (Å²) >= 11 is 0. The van der Waals surface area contributed by atoms with Crippen LogP contribution in [-0.2, 0) is 0 Å². The molecule has 7 aromatic carbocycles. The molecule has 0 bridgehead atoms. The second kappa shape index (κ2) is 13.3. The molecule has 0 fully saturated rings. The zero-order chi connectivity index (χ0) is 38.9. The van der Waals surface area contributed by atoms with E-state index in [4.69, 9.17) is 14.4 Å². The van der Waals surface area contributed by atoms with Crippen LogP contribution in [0.5, 0.6) is 0 Å².